The van der Waals surface area contributed by atoms with Gasteiger partial charge in [-0.3, -0.25) is 4.79 Å². The minimum atomic E-state index is 0.148. The summed E-state index contributed by atoms with van der Waals surface area (Å²) in [5, 5.41) is 7.65. The van der Waals surface area contributed by atoms with Crippen LogP contribution in [0.1, 0.15) is 17.7 Å². The average molecular weight is 360 g/mol. The largest absolute Gasteiger partial charge is 0.351 e. The molecular weight excluding hydrogens is 346 g/mol. The lowest BCUT2D eigenvalue weighted by molar-refractivity contribution is -0.122. The van der Waals surface area contributed by atoms with Gasteiger partial charge in [0.05, 0.1) is 11.4 Å². The number of hydrogen-bond acceptors (Lipinski definition) is 5. The highest BCUT2D eigenvalue weighted by Gasteiger charge is 2.29. The predicted molar refractivity (Wildman–Crippen MR) is 92.6 cm³/mol. The number of nitrogens with zero attached hydrogens (tertiary/aromatic N) is 2. The number of rotatable bonds is 5. The van der Waals surface area contributed by atoms with Gasteiger partial charge in [-0.15, -0.1) is 11.3 Å². The topological polar surface area (TPSA) is 68.0 Å². The Morgan fingerprint density at radius 3 is 2.79 bits per heavy atom. The zero-order valence-electron chi connectivity index (χ0n) is 12.7. The quantitative estimate of drug-likeness (QED) is 0.743. The van der Waals surface area contributed by atoms with Crippen LogP contribution < -0.4 is 5.32 Å². The molecule has 3 aromatic rings. The smallest absolute Gasteiger partial charge is 0.258 e. The Labute approximate surface area is 147 Å². The van der Waals surface area contributed by atoms with E-state index in [1.165, 1.54) is 0 Å². The number of halogens is 1. The van der Waals surface area contributed by atoms with E-state index < -0.39 is 0 Å². The molecule has 122 valence electrons. The molecule has 5 nitrogen and oxygen atoms in total. The van der Waals surface area contributed by atoms with Gasteiger partial charge >= 0.3 is 0 Å². The molecule has 1 N–H and O–H groups in total. The third-order valence-corrected chi connectivity index (χ3v) is 5.12. The first kappa shape index (κ1) is 15.4. The molecule has 1 saturated carbocycles. The van der Waals surface area contributed by atoms with E-state index in [-0.39, 0.29) is 11.8 Å². The van der Waals surface area contributed by atoms with E-state index in [2.05, 4.69) is 15.5 Å². The predicted octanol–water partition coefficient (Wildman–Crippen LogP) is 4.14. The van der Waals surface area contributed by atoms with Crippen molar-refractivity contribution in [3.63, 3.8) is 0 Å². The van der Waals surface area contributed by atoms with E-state index in [0.717, 1.165) is 28.2 Å². The highest BCUT2D eigenvalue weighted by molar-refractivity contribution is 7.15. The van der Waals surface area contributed by atoms with Crippen LogP contribution in [0.2, 0.25) is 5.02 Å². The van der Waals surface area contributed by atoms with E-state index in [4.69, 9.17) is 16.1 Å². The summed E-state index contributed by atoms with van der Waals surface area (Å²) in [5.41, 5.74) is 0.826. The fourth-order valence-corrected chi connectivity index (χ4v) is 3.29. The van der Waals surface area contributed by atoms with Gasteiger partial charge in [-0.2, -0.15) is 4.98 Å². The van der Waals surface area contributed by atoms with Crippen LogP contribution in [0.3, 0.4) is 0 Å². The first-order valence-corrected chi connectivity index (χ1v) is 8.85. The molecule has 0 atom stereocenters. The van der Waals surface area contributed by atoms with Crippen molar-refractivity contribution in [3.05, 3.63) is 46.3 Å². The van der Waals surface area contributed by atoms with E-state index in [0.29, 0.717) is 23.3 Å². The molecule has 0 saturated heterocycles. The second kappa shape index (κ2) is 6.37. The third kappa shape index (κ3) is 3.34. The van der Waals surface area contributed by atoms with Crippen LogP contribution in [0, 0.1) is 5.92 Å². The summed E-state index contributed by atoms with van der Waals surface area (Å²) in [7, 11) is 0. The number of carbonyl (C=O) groups is 1. The molecule has 1 aromatic carbocycles. The molecule has 1 fully saturated rings. The van der Waals surface area contributed by atoms with Crippen molar-refractivity contribution < 1.29 is 9.32 Å². The lowest BCUT2D eigenvalue weighted by Gasteiger charge is -2.00. The van der Waals surface area contributed by atoms with Gasteiger partial charge in [-0.1, -0.05) is 16.8 Å². The van der Waals surface area contributed by atoms with Crippen molar-refractivity contribution in [2.45, 2.75) is 19.4 Å². The molecule has 2 heterocycles. The van der Waals surface area contributed by atoms with Gasteiger partial charge in [0.2, 0.25) is 11.7 Å². The molecular formula is C17H14ClN3O2S. The summed E-state index contributed by atoms with van der Waals surface area (Å²) in [4.78, 5) is 18.1. The Kier molecular flexibility index (Phi) is 4.08. The molecule has 0 unspecified atom stereocenters. The molecule has 0 radical (unpaired) electrons. The number of aromatic nitrogens is 2. The Morgan fingerprint density at radius 2 is 2.04 bits per heavy atom. The van der Waals surface area contributed by atoms with Gasteiger partial charge in [0.25, 0.3) is 5.89 Å². The zero-order chi connectivity index (χ0) is 16.5. The molecule has 4 rings (SSSR count). The SMILES string of the molecule is O=C(NCc1ccc(-c2noc(-c3ccc(Cl)cc3)n2)s1)C1CC1. The summed E-state index contributed by atoms with van der Waals surface area (Å²) in [6, 6.07) is 11.2. The van der Waals surface area contributed by atoms with E-state index in [1.54, 1.807) is 23.5 Å². The van der Waals surface area contributed by atoms with Crippen LogP contribution in [-0.2, 0) is 11.3 Å². The van der Waals surface area contributed by atoms with Crippen LogP contribution >= 0.6 is 22.9 Å². The van der Waals surface area contributed by atoms with E-state index >= 15 is 0 Å². The molecule has 1 aliphatic rings. The van der Waals surface area contributed by atoms with Gasteiger partial charge in [0.15, 0.2) is 0 Å². The van der Waals surface area contributed by atoms with E-state index in [1.807, 2.05) is 24.3 Å². The third-order valence-electron chi connectivity index (χ3n) is 3.78. The fourth-order valence-electron chi connectivity index (χ4n) is 2.29. The Hall–Kier alpha value is -2.18. The van der Waals surface area contributed by atoms with E-state index in [9.17, 15) is 4.79 Å². The zero-order valence-corrected chi connectivity index (χ0v) is 14.2. The maximum Gasteiger partial charge on any atom is 0.258 e. The molecule has 7 heteroatoms. The van der Waals surface area contributed by atoms with Gasteiger partial charge in [0, 0.05) is 21.4 Å². The van der Waals surface area contributed by atoms with Crippen molar-refractivity contribution in [3.8, 4) is 22.2 Å². The minimum absolute atomic E-state index is 0.148. The fraction of sp³-hybridized carbons (Fsp3) is 0.235. The number of thiophene rings is 1. The minimum Gasteiger partial charge on any atom is -0.351 e. The maximum atomic E-state index is 11.7. The monoisotopic (exact) mass is 359 g/mol. The van der Waals surface area contributed by atoms with Crippen molar-refractivity contribution in [2.75, 3.05) is 0 Å². The molecule has 24 heavy (non-hydrogen) atoms. The van der Waals surface area contributed by atoms with Crippen molar-refractivity contribution in [1.29, 1.82) is 0 Å². The standard InChI is InChI=1S/C17H14ClN3O2S/c18-12-5-3-11(4-6-12)17-20-15(21-23-17)14-8-7-13(24-14)9-19-16(22)10-1-2-10/h3-8,10H,1-2,9H2,(H,19,22). The number of nitrogens with one attached hydrogen (secondary N) is 1. The highest BCUT2D eigenvalue weighted by Crippen LogP contribution is 2.30. The first-order valence-electron chi connectivity index (χ1n) is 7.65. The summed E-state index contributed by atoms with van der Waals surface area (Å²) in [5.74, 6) is 1.38. The second-order valence-corrected chi connectivity index (χ2v) is 7.29. The summed E-state index contributed by atoms with van der Waals surface area (Å²) in [6.07, 6.45) is 2.02. The molecule has 0 aliphatic heterocycles. The van der Waals surface area contributed by atoms with Gasteiger partial charge in [0.1, 0.15) is 0 Å². The Bertz CT molecular complexity index is 868. The van der Waals surface area contributed by atoms with Gasteiger partial charge in [-0.05, 0) is 49.2 Å². The summed E-state index contributed by atoms with van der Waals surface area (Å²) < 4.78 is 5.32. The molecule has 0 bridgehead atoms. The summed E-state index contributed by atoms with van der Waals surface area (Å²) in [6.45, 7) is 0.544. The number of carbonyl (C=O) groups excluding carboxylic acids is 1. The average Bonchev–Trinajstić information content (AvgIpc) is 3.14. The molecule has 1 aliphatic carbocycles. The second-order valence-electron chi connectivity index (χ2n) is 5.69. The van der Waals surface area contributed by atoms with Crippen molar-refractivity contribution in [1.82, 2.24) is 15.5 Å². The number of amides is 1. The first-order chi connectivity index (χ1) is 11.7. The van der Waals surface area contributed by atoms with Crippen LogP contribution in [0.15, 0.2) is 40.9 Å². The highest BCUT2D eigenvalue weighted by atomic mass is 35.5. The van der Waals surface area contributed by atoms with Crippen LogP contribution in [-0.4, -0.2) is 16.0 Å². The maximum absolute atomic E-state index is 11.7. The molecule has 0 spiro atoms. The van der Waals surface area contributed by atoms with Crippen LogP contribution in [0.5, 0.6) is 0 Å². The lowest BCUT2D eigenvalue weighted by Crippen LogP contribution is -2.23. The molecule has 1 amide bonds. The Balaban J connectivity index is 1.46. The normalized spacial score (nSPS) is 13.9. The summed E-state index contributed by atoms with van der Waals surface area (Å²) >= 11 is 7.43. The number of benzene rings is 1. The molecule has 2 aromatic heterocycles. The van der Waals surface area contributed by atoms with Crippen LogP contribution in [0.25, 0.3) is 22.2 Å². The Morgan fingerprint density at radius 1 is 1.25 bits per heavy atom. The van der Waals surface area contributed by atoms with Gasteiger partial charge in [-0.25, -0.2) is 0 Å². The number of hydrogen-bond donors (Lipinski definition) is 1. The van der Waals surface area contributed by atoms with Crippen molar-refractivity contribution >= 4 is 28.8 Å². The lowest BCUT2D eigenvalue weighted by atomic mass is 10.2. The van der Waals surface area contributed by atoms with Crippen molar-refractivity contribution in [2.24, 2.45) is 5.92 Å². The van der Waals surface area contributed by atoms with Gasteiger partial charge < -0.3 is 9.84 Å². The van der Waals surface area contributed by atoms with Crippen LogP contribution in [0.4, 0.5) is 0 Å².